The van der Waals surface area contributed by atoms with Gasteiger partial charge in [-0.3, -0.25) is 4.79 Å². The molecule has 1 rings (SSSR count). The lowest BCUT2D eigenvalue weighted by Crippen LogP contribution is -2.48. The van der Waals surface area contributed by atoms with Gasteiger partial charge in [-0.1, -0.05) is 25.5 Å². The van der Waals surface area contributed by atoms with Crippen LogP contribution in [-0.4, -0.2) is 30.8 Å². The molecule has 5 nitrogen and oxygen atoms in total. The lowest BCUT2D eigenvalue weighted by atomic mass is 9.96. The number of ether oxygens (including phenoxy) is 2. The van der Waals surface area contributed by atoms with Crippen molar-refractivity contribution in [3.63, 3.8) is 0 Å². The fourth-order valence-corrected chi connectivity index (χ4v) is 2.18. The number of amides is 1. The molecule has 23 heavy (non-hydrogen) atoms. The van der Waals surface area contributed by atoms with Gasteiger partial charge in [-0.2, -0.15) is 0 Å². The minimum absolute atomic E-state index is 0.164. The van der Waals surface area contributed by atoms with Gasteiger partial charge in [0.1, 0.15) is 0 Å². The van der Waals surface area contributed by atoms with Crippen molar-refractivity contribution in [2.24, 2.45) is 5.73 Å². The molecule has 1 aromatic carbocycles. The van der Waals surface area contributed by atoms with Crippen LogP contribution in [0.1, 0.15) is 46.1 Å². The Hall–Kier alpha value is -1.43. The van der Waals surface area contributed by atoms with Crippen LogP contribution in [0.2, 0.25) is 0 Å². The first-order valence-electron chi connectivity index (χ1n) is 8.23. The second-order valence-electron chi connectivity index (χ2n) is 6.29. The third kappa shape index (κ3) is 7.59. The summed E-state index contributed by atoms with van der Waals surface area (Å²) in [5, 5.41) is 2.88. The molecule has 0 bridgehead atoms. The highest BCUT2D eigenvalue weighted by Gasteiger charge is 2.27. The van der Waals surface area contributed by atoms with Crippen LogP contribution in [-0.2, 0) is 20.9 Å². The average molecular weight is 322 g/mol. The Labute approximate surface area is 139 Å². The summed E-state index contributed by atoms with van der Waals surface area (Å²) in [6.45, 7) is 9.38. The maximum Gasteiger partial charge on any atom is 0.244 e. The largest absolute Gasteiger partial charge is 0.376 e. The van der Waals surface area contributed by atoms with Gasteiger partial charge < -0.3 is 20.5 Å². The van der Waals surface area contributed by atoms with Gasteiger partial charge in [-0.25, -0.2) is 0 Å². The molecule has 5 heteroatoms. The summed E-state index contributed by atoms with van der Waals surface area (Å²) in [6.07, 6.45) is 1.73. The molecule has 1 unspecified atom stereocenters. The van der Waals surface area contributed by atoms with Crippen molar-refractivity contribution in [2.75, 3.05) is 18.5 Å². The average Bonchev–Trinajstić information content (AvgIpc) is 2.47. The first-order chi connectivity index (χ1) is 10.8. The van der Waals surface area contributed by atoms with E-state index in [2.05, 4.69) is 5.32 Å². The number of nitrogens with one attached hydrogen (secondary N) is 1. The highest BCUT2D eigenvalue weighted by Crippen LogP contribution is 2.16. The van der Waals surface area contributed by atoms with Gasteiger partial charge in [0.2, 0.25) is 5.91 Å². The molecular weight excluding hydrogens is 292 g/mol. The van der Waals surface area contributed by atoms with Gasteiger partial charge in [0.25, 0.3) is 0 Å². The van der Waals surface area contributed by atoms with Gasteiger partial charge >= 0.3 is 0 Å². The van der Waals surface area contributed by atoms with E-state index in [0.717, 1.165) is 17.7 Å². The van der Waals surface area contributed by atoms with Crippen LogP contribution in [0.15, 0.2) is 24.3 Å². The van der Waals surface area contributed by atoms with Crippen LogP contribution >= 0.6 is 0 Å². The Morgan fingerprint density at radius 3 is 2.74 bits per heavy atom. The van der Waals surface area contributed by atoms with E-state index in [-0.39, 0.29) is 12.0 Å². The Bertz CT molecular complexity index is 487. The number of nitrogens with two attached hydrogens (primary N) is 1. The predicted octanol–water partition coefficient (Wildman–Crippen LogP) is 3.08. The van der Waals surface area contributed by atoms with Crippen molar-refractivity contribution in [2.45, 2.75) is 58.8 Å². The first kappa shape index (κ1) is 19.6. The summed E-state index contributed by atoms with van der Waals surface area (Å²) in [4.78, 5) is 12.2. The Morgan fingerprint density at radius 2 is 2.09 bits per heavy atom. The quantitative estimate of drug-likeness (QED) is 0.649. The number of anilines is 1. The SMILES string of the molecule is CCCC(C)(N)C(=O)Nc1cccc(COCCOC(C)C)c1. The summed E-state index contributed by atoms with van der Waals surface area (Å²) in [5.41, 5.74) is 6.93. The van der Waals surface area contributed by atoms with Crippen LogP contribution in [0.3, 0.4) is 0 Å². The fraction of sp³-hybridized carbons (Fsp3) is 0.611. The van der Waals surface area contributed by atoms with E-state index >= 15 is 0 Å². The zero-order valence-corrected chi connectivity index (χ0v) is 14.7. The lowest BCUT2D eigenvalue weighted by molar-refractivity contribution is -0.120. The van der Waals surface area contributed by atoms with Gasteiger partial charge in [0.05, 0.1) is 31.5 Å². The number of rotatable bonds is 10. The molecule has 0 saturated heterocycles. The van der Waals surface area contributed by atoms with E-state index in [0.29, 0.717) is 26.2 Å². The second-order valence-corrected chi connectivity index (χ2v) is 6.29. The highest BCUT2D eigenvalue weighted by atomic mass is 16.5. The summed E-state index contributed by atoms with van der Waals surface area (Å²) >= 11 is 0. The fourth-order valence-electron chi connectivity index (χ4n) is 2.18. The van der Waals surface area contributed by atoms with E-state index in [1.807, 2.05) is 45.0 Å². The number of hydrogen-bond donors (Lipinski definition) is 2. The van der Waals surface area contributed by atoms with Crippen LogP contribution in [0.25, 0.3) is 0 Å². The molecule has 1 aromatic rings. The Kier molecular flexibility index (Phi) is 8.23. The van der Waals surface area contributed by atoms with Gasteiger partial charge in [0, 0.05) is 5.69 Å². The molecular formula is C18H30N2O3. The molecule has 0 heterocycles. The number of carbonyl (C=O) groups excluding carboxylic acids is 1. The summed E-state index contributed by atoms with van der Waals surface area (Å²) in [6, 6.07) is 7.62. The maximum atomic E-state index is 12.2. The third-order valence-electron chi connectivity index (χ3n) is 3.42. The smallest absolute Gasteiger partial charge is 0.244 e. The van der Waals surface area contributed by atoms with Crippen molar-refractivity contribution in [3.8, 4) is 0 Å². The van der Waals surface area contributed by atoms with Crippen molar-refractivity contribution in [1.82, 2.24) is 0 Å². The number of hydrogen-bond acceptors (Lipinski definition) is 4. The van der Waals surface area contributed by atoms with Crippen molar-refractivity contribution < 1.29 is 14.3 Å². The topological polar surface area (TPSA) is 73.6 Å². The van der Waals surface area contributed by atoms with Gasteiger partial charge in [-0.15, -0.1) is 0 Å². The summed E-state index contributed by atoms with van der Waals surface area (Å²) in [5.74, 6) is -0.164. The van der Waals surface area contributed by atoms with Gasteiger partial charge in [0.15, 0.2) is 0 Å². The Balaban J connectivity index is 2.48. The zero-order chi connectivity index (χ0) is 17.3. The molecule has 0 aliphatic heterocycles. The van der Waals surface area contributed by atoms with Crippen LogP contribution in [0.5, 0.6) is 0 Å². The summed E-state index contributed by atoms with van der Waals surface area (Å²) in [7, 11) is 0. The highest BCUT2D eigenvalue weighted by molar-refractivity contribution is 5.97. The molecule has 0 aliphatic rings. The van der Waals surface area contributed by atoms with Crippen LogP contribution in [0.4, 0.5) is 5.69 Å². The second kappa shape index (κ2) is 9.65. The summed E-state index contributed by atoms with van der Waals surface area (Å²) < 4.78 is 11.0. The lowest BCUT2D eigenvalue weighted by Gasteiger charge is -2.23. The van der Waals surface area contributed by atoms with E-state index < -0.39 is 5.54 Å². The molecule has 3 N–H and O–H groups in total. The number of benzene rings is 1. The predicted molar refractivity (Wildman–Crippen MR) is 93.3 cm³/mol. The van der Waals surface area contributed by atoms with E-state index in [9.17, 15) is 4.79 Å². The first-order valence-corrected chi connectivity index (χ1v) is 8.23. The molecule has 0 aliphatic carbocycles. The minimum atomic E-state index is -0.852. The molecule has 0 spiro atoms. The third-order valence-corrected chi connectivity index (χ3v) is 3.42. The van der Waals surface area contributed by atoms with Crippen molar-refractivity contribution >= 4 is 11.6 Å². The van der Waals surface area contributed by atoms with Crippen LogP contribution in [0, 0.1) is 0 Å². The zero-order valence-electron chi connectivity index (χ0n) is 14.7. The molecule has 0 saturated carbocycles. The molecule has 1 atom stereocenters. The molecule has 0 fully saturated rings. The van der Waals surface area contributed by atoms with E-state index in [4.69, 9.17) is 15.2 Å². The Morgan fingerprint density at radius 1 is 1.35 bits per heavy atom. The van der Waals surface area contributed by atoms with E-state index in [1.165, 1.54) is 0 Å². The van der Waals surface area contributed by atoms with Crippen molar-refractivity contribution in [1.29, 1.82) is 0 Å². The van der Waals surface area contributed by atoms with Crippen molar-refractivity contribution in [3.05, 3.63) is 29.8 Å². The molecule has 0 radical (unpaired) electrons. The minimum Gasteiger partial charge on any atom is -0.376 e. The monoisotopic (exact) mass is 322 g/mol. The van der Waals surface area contributed by atoms with E-state index in [1.54, 1.807) is 6.92 Å². The molecule has 1 amide bonds. The maximum absolute atomic E-state index is 12.2. The molecule has 130 valence electrons. The normalized spacial score (nSPS) is 13.8. The molecule has 0 aromatic heterocycles. The van der Waals surface area contributed by atoms with Gasteiger partial charge in [-0.05, 0) is 44.9 Å². The van der Waals surface area contributed by atoms with Crippen LogP contribution < -0.4 is 11.1 Å². The number of carbonyl (C=O) groups is 1. The standard InChI is InChI=1S/C18H30N2O3/c1-5-9-18(4,19)17(21)20-16-8-6-7-15(12-16)13-22-10-11-23-14(2)3/h6-8,12,14H,5,9-11,13,19H2,1-4H3,(H,20,21).